The van der Waals surface area contributed by atoms with Crippen LogP contribution in [0.15, 0.2) is 51.8 Å². The summed E-state index contributed by atoms with van der Waals surface area (Å²) in [4.78, 5) is 15.6. The molecule has 0 spiro atoms. The van der Waals surface area contributed by atoms with E-state index in [1.165, 1.54) is 10.7 Å². The highest BCUT2D eigenvalue weighted by molar-refractivity contribution is 9.10. The van der Waals surface area contributed by atoms with Gasteiger partial charge in [0.15, 0.2) is 0 Å². The minimum absolute atomic E-state index is 0.0475. The normalized spacial score (nSPS) is 23.8. The lowest BCUT2D eigenvalue weighted by Gasteiger charge is -2.36. The Labute approximate surface area is 179 Å². The second-order valence-corrected chi connectivity index (χ2v) is 10.8. The Hall–Kier alpha value is -1.86. The number of rotatable bonds is 2. The minimum atomic E-state index is -3.81. The quantitative estimate of drug-likeness (QED) is 0.640. The van der Waals surface area contributed by atoms with Crippen LogP contribution in [0, 0.1) is 0 Å². The van der Waals surface area contributed by atoms with Gasteiger partial charge in [0.05, 0.1) is 10.6 Å². The van der Waals surface area contributed by atoms with Gasteiger partial charge in [0.25, 0.3) is 10.0 Å². The van der Waals surface area contributed by atoms with Gasteiger partial charge in [0, 0.05) is 28.2 Å². The number of carbonyl (C=O) groups is 1. The lowest BCUT2D eigenvalue weighted by molar-refractivity contribution is -0.131. The predicted octanol–water partition coefficient (Wildman–Crippen LogP) is 4.56. The van der Waals surface area contributed by atoms with Gasteiger partial charge in [-0.1, -0.05) is 53.4 Å². The Morgan fingerprint density at radius 2 is 1.69 bits per heavy atom. The first-order chi connectivity index (χ1) is 14.0. The molecule has 0 N–H and O–H groups in total. The average Bonchev–Trinajstić information content (AvgIpc) is 3.10. The van der Waals surface area contributed by atoms with Gasteiger partial charge < -0.3 is 4.90 Å². The molecule has 29 heavy (non-hydrogen) atoms. The molecule has 1 atom stereocenters. The van der Waals surface area contributed by atoms with Crippen LogP contribution in [0.3, 0.4) is 0 Å². The number of halogens is 1. The van der Waals surface area contributed by atoms with E-state index in [-0.39, 0.29) is 16.8 Å². The molecule has 1 aliphatic carbocycles. The molecule has 5 rings (SSSR count). The largest absolute Gasteiger partial charge is 0.338 e. The smallest absolute Gasteiger partial charge is 0.265 e. The molecule has 2 aromatic rings. The molecule has 1 saturated heterocycles. The van der Waals surface area contributed by atoms with Gasteiger partial charge in [-0.2, -0.15) is 0 Å². The zero-order valence-corrected chi connectivity index (χ0v) is 18.5. The maximum Gasteiger partial charge on any atom is 0.265 e. The molecule has 2 fully saturated rings. The number of carbonyl (C=O) groups excluding carboxylic acids is 1. The van der Waals surface area contributed by atoms with E-state index in [9.17, 15) is 13.2 Å². The van der Waals surface area contributed by atoms with E-state index in [1.807, 2.05) is 35.2 Å². The molecule has 2 heterocycles. The molecule has 2 aliphatic heterocycles. The topological polar surface area (TPSA) is 57.7 Å². The molecule has 5 nitrogen and oxygen atoms in total. The van der Waals surface area contributed by atoms with Crippen LogP contribution in [0.2, 0.25) is 0 Å². The van der Waals surface area contributed by atoms with E-state index in [0.717, 1.165) is 35.7 Å². The summed E-state index contributed by atoms with van der Waals surface area (Å²) in [5.74, 6) is -0.0475. The van der Waals surface area contributed by atoms with E-state index >= 15 is 0 Å². The number of anilines is 1. The third-order valence-corrected chi connectivity index (χ3v) is 8.79. The molecule has 2 aromatic carbocycles. The van der Waals surface area contributed by atoms with Gasteiger partial charge in [-0.25, -0.2) is 8.42 Å². The van der Waals surface area contributed by atoms with Crippen molar-refractivity contribution in [1.82, 2.24) is 4.90 Å². The lowest BCUT2D eigenvalue weighted by Crippen LogP contribution is -2.48. The summed E-state index contributed by atoms with van der Waals surface area (Å²) >= 11 is 3.50. The summed E-state index contributed by atoms with van der Waals surface area (Å²) in [6, 6.07) is 12.2. The van der Waals surface area contributed by atoms with Crippen LogP contribution in [0.5, 0.6) is 0 Å². The Morgan fingerprint density at radius 1 is 0.931 bits per heavy atom. The molecule has 152 valence electrons. The van der Waals surface area contributed by atoms with Crippen molar-refractivity contribution in [3.05, 3.63) is 46.9 Å². The average molecular weight is 475 g/mol. The third kappa shape index (κ3) is 3.01. The molecule has 7 heteroatoms. The van der Waals surface area contributed by atoms with Crippen molar-refractivity contribution < 1.29 is 13.2 Å². The van der Waals surface area contributed by atoms with Crippen LogP contribution >= 0.6 is 15.9 Å². The van der Waals surface area contributed by atoms with Crippen LogP contribution in [0.1, 0.15) is 38.5 Å². The fourth-order valence-electron chi connectivity index (χ4n) is 5.06. The van der Waals surface area contributed by atoms with Crippen molar-refractivity contribution in [3.8, 4) is 11.1 Å². The molecular formula is C22H23BrN2O3S. The van der Waals surface area contributed by atoms with Crippen molar-refractivity contribution in [2.24, 2.45) is 0 Å². The summed E-state index contributed by atoms with van der Waals surface area (Å²) in [5, 5.41) is 0. The highest BCUT2D eigenvalue weighted by atomic mass is 79.9. The third-order valence-electron chi connectivity index (χ3n) is 6.42. The van der Waals surface area contributed by atoms with E-state index in [0.29, 0.717) is 24.2 Å². The van der Waals surface area contributed by atoms with Crippen molar-refractivity contribution in [1.29, 1.82) is 0 Å². The van der Waals surface area contributed by atoms with E-state index < -0.39 is 16.1 Å². The Morgan fingerprint density at radius 3 is 2.48 bits per heavy atom. The highest BCUT2D eigenvalue weighted by Gasteiger charge is 2.47. The number of likely N-dealkylation sites (tertiary alicyclic amines) is 1. The molecule has 0 radical (unpaired) electrons. The van der Waals surface area contributed by atoms with Gasteiger partial charge in [0.2, 0.25) is 5.91 Å². The Bertz CT molecular complexity index is 1080. The molecule has 1 unspecified atom stereocenters. The summed E-state index contributed by atoms with van der Waals surface area (Å²) in [5.41, 5.74) is 2.12. The van der Waals surface area contributed by atoms with Crippen LogP contribution in [0.4, 0.5) is 5.69 Å². The van der Waals surface area contributed by atoms with Crippen LogP contribution in [0.25, 0.3) is 11.1 Å². The molecule has 3 aliphatic rings. The SMILES string of the molecule is O=C1C(N2c3ccc(Br)cc3-c3ccccc3S2(=O)=O)CCN1C1CCCCC1. The first kappa shape index (κ1) is 19.1. The zero-order chi connectivity index (χ0) is 20.2. The molecule has 0 aromatic heterocycles. The molecule has 1 amide bonds. The second-order valence-electron chi connectivity index (χ2n) is 8.09. The fraction of sp³-hybridized carbons (Fsp3) is 0.409. The first-order valence-electron chi connectivity index (χ1n) is 10.2. The van der Waals surface area contributed by atoms with Gasteiger partial charge in [-0.3, -0.25) is 9.10 Å². The maximum atomic E-state index is 13.6. The number of amides is 1. The summed E-state index contributed by atoms with van der Waals surface area (Å²) in [6.07, 6.45) is 6.10. The van der Waals surface area contributed by atoms with Gasteiger partial charge in [0.1, 0.15) is 6.04 Å². The van der Waals surface area contributed by atoms with Crippen LogP contribution in [-0.2, 0) is 14.8 Å². The zero-order valence-electron chi connectivity index (χ0n) is 16.1. The van der Waals surface area contributed by atoms with Crippen LogP contribution in [-0.4, -0.2) is 37.9 Å². The van der Waals surface area contributed by atoms with Crippen molar-refractivity contribution >= 4 is 37.5 Å². The number of nitrogens with zero attached hydrogens (tertiary/aromatic N) is 2. The fourth-order valence-corrected chi connectivity index (χ4v) is 7.29. The van der Waals surface area contributed by atoms with Crippen molar-refractivity contribution in [2.75, 3.05) is 10.8 Å². The maximum absolute atomic E-state index is 13.6. The number of hydrogen-bond donors (Lipinski definition) is 0. The number of benzene rings is 2. The summed E-state index contributed by atoms with van der Waals surface area (Å²) < 4.78 is 29.5. The number of fused-ring (bicyclic) bond motifs is 3. The minimum Gasteiger partial charge on any atom is -0.338 e. The number of hydrogen-bond acceptors (Lipinski definition) is 3. The van der Waals surface area contributed by atoms with Gasteiger partial charge in [-0.05, 0) is 43.5 Å². The summed E-state index contributed by atoms with van der Waals surface area (Å²) in [7, 11) is -3.81. The molecule has 1 saturated carbocycles. The van der Waals surface area contributed by atoms with E-state index in [2.05, 4.69) is 15.9 Å². The first-order valence-corrected chi connectivity index (χ1v) is 12.5. The monoisotopic (exact) mass is 474 g/mol. The lowest BCUT2D eigenvalue weighted by atomic mass is 9.94. The second kappa shape index (κ2) is 7.13. The molecular weight excluding hydrogens is 452 g/mol. The van der Waals surface area contributed by atoms with Gasteiger partial charge in [-0.15, -0.1) is 0 Å². The van der Waals surface area contributed by atoms with Crippen LogP contribution < -0.4 is 4.31 Å². The Kier molecular flexibility index (Phi) is 4.70. The Balaban J connectivity index is 1.59. The van der Waals surface area contributed by atoms with E-state index in [4.69, 9.17) is 0 Å². The summed E-state index contributed by atoms with van der Waals surface area (Å²) in [6.45, 7) is 0.633. The highest BCUT2D eigenvalue weighted by Crippen LogP contribution is 2.46. The standard InChI is InChI=1S/C22H23BrN2O3S/c23-15-10-11-19-18(14-15)17-8-4-5-9-21(17)29(27,28)25(19)20-12-13-24(22(20)26)16-6-2-1-3-7-16/h4-5,8-11,14,16,20H,1-3,6-7,12-13H2. The van der Waals surface area contributed by atoms with E-state index in [1.54, 1.807) is 12.1 Å². The van der Waals surface area contributed by atoms with Crippen molar-refractivity contribution in [3.63, 3.8) is 0 Å². The number of sulfonamides is 1. The molecule has 0 bridgehead atoms. The van der Waals surface area contributed by atoms with Gasteiger partial charge >= 0.3 is 0 Å². The van der Waals surface area contributed by atoms with Crippen molar-refractivity contribution in [2.45, 2.75) is 55.5 Å². The predicted molar refractivity (Wildman–Crippen MR) is 116 cm³/mol.